The van der Waals surface area contributed by atoms with Gasteiger partial charge in [0.2, 0.25) is 0 Å². The van der Waals surface area contributed by atoms with Crippen molar-refractivity contribution in [3.05, 3.63) is 34.5 Å². The number of furan rings is 1. The molecule has 3 unspecified atom stereocenters. The maximum absolute atomic E-state index is 11.3. The van der Waals surface area contributed by atoms with Crippen LogP contribution in [0.1, 0.15) is 32.1 Å². The van der Waals surface area contributed by atoms with E-state index >= 15 is 0 Å². The van der Waals surface area contributed by atoms with Gasteiger partial charge in [0.05, 0.1) is 6.04 Å². The molecule has 3 atom stereocenters. The Morgan fingerprint density at radius 3 is 2.80 bits per heavy atom. The van der Waals surface area contributed by atoms with Gasteiger partial charge >= 0.3 is 0 Å². The molecule has 0 bridgehead atoms. The second kappa shape index (κ2) is 6.87. The van der Waals surface area contributed by atoms with Crippen molar-refractivity contribution in [1.82, 2.24) is 5.32 Å². The lowest BCUT2D eigenvalue weighted by Gasteiger charge is -2.13. The molecule has 20 heavy (non-hydrogen) atoms. The average molecular weight is 358 g/mol. The van der Waals surface area contributed by atoms with Crippen molar-refractivity contribution in [3.63, 3.8) is 0 Å². The number of hydrogen-bond acceptors (Lipinski definition) is 3. The fourth-order valence-corrected chi connectivity index (χ4v) is 2.85. The molecule has 0 saturated heterocycles. The predicted octanol–water partition coefficient (Wildman–Crippen LogP) is 4.00. The Kier molecular flexibility index (Phi) is 5.41. The minimum atomic E-state index is -0.753. The van der Waals surface area contributed by atoms with Crippen LogP contribution in [0.2, 0.25) is 0 Å². The van der Waals surface area contributed by atoms with Crippen molar-refractivity contribution in [2.45, 2.75) is 31.6 Å². The molecule has 1 heterocycles. The normalized spacial score (nSPS) is 16.2. The van der Waals surface area contributed by atoms with Crippen LogP contribution in [0.4, 0.5) is 0 Å². The first-order valence-electron chi connectivity index (χ1n) is 6.72. The maximum atomic E-state index is 11.3. The van der Waals surface area contributed by atoms with Crippen molar-refractivity contribution < 1.29 is 8.63 Å². The highest BCUT2D eigenvalue weighted by molar-refractivity contribution is 9.10. The van der Waals surface area contributed by atoms with E-state index < -0.39 is 10.8 Å². The van der Waals surface area contributed by atoms with Crippen LogP contribution in [0.5, 0.6) is 0 Å². The summed E-state index contributed by atoms with van der Waals surface area (Å²) in [4.78, 5) is 0. The molecule has 0 radical (unpaired) electrons. The van der Waals surface area contributed by atoms with E-state index in [1.54, 1.807) is 6.26 Å². The Labute approximate surface area is 130 Å². The van der Waals surface area contributed by atoms with Crippen LogP contribution in [0.15, 0.2) is 33.2 Å². The lowest BCUT2D eigenvalue weighted by atomic mass is 10.2. The van der Waals surface area contributed by atoms with Gasteiger partial charge in [-0.15, -0.1) is 0 Å². The third kappa shape index (κ3) is 3.93. The predicted molar refractivity (Wildman–Crippen MR) is 88.5 cm³/mol. The van der Waals surface area contributed by atoms with Crippen LogP contribution in [-0.2, 0) is 10.8 Å². The van der Waals surface area contributed by atoms with Gasteiger partial charge in [-0.3, -0.25) is 4.21 Å². The summed E-state index contributed by atoms with van der Waals surface area (Å²) in [6, 6.07) is 8.22. The molecule has 0 aliphatic carbocycles. The van der Waals surface area contributed by atoms with E-state index in [-0.39, 0.29) is 11.3 Å². The first kappa shape index (κ1) is 15.7. The standard InChI is InChI=1S/C15H20BrNO2S/c1-10(20(3)18)6-7-17-11(2)15-9-12-8-13(16)4-5-14(12)19-15/h4-5,8-11,17H,6-7H2,1-3H3. The van der Waals surface area contributed by atoms with Gasteiger partial charge in [-0.2, -0.15) is 0 Å². The number of fused-ring (bicyclic) bond motifs is 1. The van der Waals surface area contributed by atoms with Gasteiger partial charge in [-0.05, 0) is 44.2 Å². The molecule has 1 aromatic carbocycles. The molecule has 1 N–H and O–H groups in total. The third-order valence-electron chi connectivity index (χ3n) is 3.49. The van der Waals surface area contributed by atoms with Crippen LogP contribution in [0, 0.1) is 0 Å². The molecule has 0 fully saturated rings. The Morgan fingerprint density at radius 2 is 2.10 bits per heavy atom. The Hall–Kier alpha value is -0.650. The van der Waals surface area contributed by atoms with Crippen molar-refractivity contribution in [2.75, 3.05) is 12.8 Å². The molecule has 0 spiro atoms. The van der Waals surface area contributed by atoms with E-state index in [0.29, 0.717) is 0 Å². The average Bonchev–Trinajstić information content (AvgIpc) is 2.81. The molecule has 5 heteroatoms. The minimum absolute atomic E-state index is 0.152. The van der Waals surface area contributed by atoms with Crippen molar-refractivity contribution in [1.29, 1.82) is 0 Å². The highest BCUT2D eigenvalue weighted by Crippen LogP contribution is 2.26. The minimum Gasteiger partial charge on any atom is -0.459 e. The summed E-state index contributed by atoms with van der Waals surface area (Å²) in [5.74, 6) is 0.934. The second-order valence-corrected chi connectivity index (χ2v) is 7.82. The summed E-state index contributed by atoms with van der Waals surface area (Å²) in [5.41, 5.74) is 0.903. The monoisotopic (exact) mass is 357 g/mol. The van der Waals surface area contributed by atoms with Gasteiger partial charge in [-0.1, -0.05) is 22.9 Å². The smallest absolute Gasteiger partial charge is 0.134 e. The molecule has 2 rings (SSSR count). The van der Waals surface area contributed by atoms with E-state index in [2.05, 4.69) is 40.3 Å². The zero-order valence-corrected chi connectivity index (χ0v) is 14.4. The number of rotatable bonds is 6. The molecule has 0 saturated carbocycles. The topological polar surface area (TPSA) is 42.2 Å². The molecule has 110 valence electrons. The second-order valence-electron chi connectivity index (χ2n) is 5.10. The van der Waals surface area contributed by atoms with Crippen molar-refractivity contribution in [2.24, 2.45) is 0 Å². The zero-order valence-electron chi connectivity index (χ0n) is 12.0. The number of benzene rings is 1. The molecule has 0 aliphatic heterocycles. The lowest BCUT2D eigenvalue weighted by molar-refractivity contribution is 0.448. The number of halogens is 1. The van der Waals surface area contributed by atoms with Gasteiger partial charge in [-0.25, -0.2) is 0 Å². The van der Waals surface area contributed by atoms with Crippen LogP contribution in [0.25, 0.3) is 11.0 Å². The van der Waals surface area contributed by atoms with E-state index in [4.69, 9.17) is 4.42 Å². The van der Waals surface area contributed by atoms with E-state index in [9.17, 15) is 4.21 Å². The van der Waals surface area contributed by atoms with Crippen molar-refractivity contribution >= 4 is 37.7 Å². The summed E-state index contributed by atoms with van der Waals surface area (Å²) >= 11 is 3.46. The van der Waals surface area contributed by atoms with E-state index in [1.807, 2.05) is 19.1 Å². The third-order valence-corrected chi connectivity index (χ3v) is 5.35. The number of hydrogen-bond donors (Lipinski definition) is 1. The van der Waals surface area contributed by atoms with E-state index in [1.165, 1.54) is 0 Å². The maximum Gasteiger partial charge on any atom is 0.134 e. The summed E-state index contributed by atoms with van der Waals surface area (Å²) in [7, 11) is -0.753. The fraction of sp³-hybridized carbons (Fsp3) is 0.467. The molecule has 0 aliphatic rings. The molecular formula is C15H20BrNO2S. The SMILES string of the molecule is CC(NCCC(C)S(C)=O)c1cc2cc(Br)ccc2o1. The van der Waals surface area contributed by atoms with E-state index in [0.717, 1.165) is 34.2 Å². The lowest BCUT2D eigenvalue weighted by Crippen LogP contribution is -2.23. The quantitative estimate of drug-likeness (QED) is 0.849. The van der Waals surface area contributed by atoms with Crippen molar-refractivity contribution in [3.8, 4) is 0 Å². The van der Waals surface area contributed by atoms with Crippen LogP contribution in [0.3, 0.4) is 0 Å². The highest BCUT2D eigenvalue weighted by Gasteiger charge is 2.12. The summed E-state index contributed by atoms with van der Waals surface area (Å²) in [6.45, 7) is 4.93. The van der Waals surface area contributed by atoms with Crippen LogP contribution >= 0.6 is 15.9 Å². The van der Waals surface area contributed by atoms with Gasteiger partial charge < -0.3 is 9.73 Å². The first-order valence-corrected chi connectivity index (χ1v) is 9.13. The van der Waals surface area contributed by atoms with Crippen LogP contribution < -0.4 is 5.32 Å². The van der Waals surface area contributed by atoms with Gasteiger partial charge in [0.1, 0.15) is 11.3 Å². The highest BCUT2D eigenvalue weighted by atomic mass is 79.9. The largest absolute Gasteiger partial charge is 0.459 e. The van der Waals surface area contributed by atoms with Gasteiger partial charge in [0.25, 0.3) is 0 Å². The van der Waals surface area contributed by atoms with Crippen LogP contribution in [-0.4, -0.2) is 22.3 Å². The Balaban J connectivity index is 1.97. The molecule has 1 aromatic heterocycles. The van der Waals surface area contributed by atoms with Gasteiger partial charge in [0.15, 0.2) is 0 Å². The molecule has 3 nitrogen and oxygen atoms in total. The number of nitrogens with one attached hydrogen (secondary N) is 1. The summed E-state index contributed by atoms with van der Waals surface area (Å²) in [6.07, 6.45) is 2.66. The zero-order chi connectivity index (χ0) is 14.7. The molecule has 0 amide bonds. The molecular weight excluding hydrogens is 338 g/mol. The van der Waals surface area contributed by atoms with Gasteiger partial charge in [0, 0.05) is 32.2 Å². The Morgan fingerprint density at radius 1 is 1.35 bits per heavy atom. The summed E-state index contributed by atoms with van der Waals surface area (Å²) in [5, 5.41) is 4.75. The first-order chi connectivity index (χ1) is 9.47. The fourth-order valence-electron chi connectivity index (χ4n) is 2.02. The Bertz CT molecular complexity index is 611. The summed E-state index contributed by atoms with van der Waals surface area (Å²) < 4.78 is 18.2. The molecule has 2 aromatic rings.